The second kappa shape index (κ2) is 10.6. The molecule has 1 heterocycles. The standard InChI is InChI=1S/C19H22N2O5.ClH/c1-23-8-7-20-11-19(22)21-15-4-2-3-14(9-15)12-24-16-5-6-17-18(10-16)26-13-25-17;/h2-6,9-10,20H,7-8,11-13H2,1H3,(H,21,22);1H. The molecular weight excluding hydrogens is 372 g/mol. The average Bonchev–Trinajstić information content (AvgIpc) is 3.12. The van der Waals surface area contributed by atoms with Gasteiger partial charge in [-0.3, -0.25) is 4.79 Å². The van der Waals surface area contributed by atoms with Crippen molar-refractivity contribution in [3.63, 3.8) is 0 Å². The van der Waals surface area contributed by atoms with E-state index in [2.05, 4.69) is 10.6 Å². The van der Waals surface area contributed by atoms with E-state index < -0.39 is 0 Å². The van der Waals surface area contributed by atoms with Gasteiger partial charge in [-0.25, -0.2) is 0 Å². The molecule has 0 radical (unpaired) electrons. The summed E-state index contributed by atoms with van der Waals surface area (Å²) >= 11 is 0. The first-order valence-electron chi connectivity index (χ1n) is 8.35. The molecular formula is C19H23ClN2O5. The van der Waals surface area contributed by atoms with Gasteiger partial charge >= 0.3 is 0 Å². The minimum atomic E-state index is -0.102. The molecule has 0 fully saturated rings. The first-order valence-corrected chi connectivity index (χ1v) is 8.35. The molecule has 1 aliphatic rings. The maximum absolute atomic E-state index is 11.9. The Hall–Kier alpha value is -2.48. The lowest BCUT2D eigenvalue weighted by Gasteiger charge is -2.10. The van der Waals surface area contributed by atoms with Crippen LogP contribution >= 0.6 is 12.4 Å². The number of benzene rings is 2. The van der Waals surface area contributed by atoms with Gasteiger partial charge in [-0.15, -0.1) is 12.4 Å². The lowest BCUT2D eigenvalue weighted by Crippen LogP contribution is -2.30. The van der Waals surface area contributed by atoms with Crippen molar-refractivity contribution in [3.05, 3.63) is 48.0 Å². The number of rotatable bonds is 9. The molecule has 27 heavy (non-hydrogen) atoms. The summed E-state index contributed by atoms with van der Waals surface area (Å²) in [6.45, 7) is 2.06. The molecule has 2 aromatic rings. The van der Waals surface area contributed by atoms with Crippen LogP contribution in [0.2, 0.25) is 0 Å². The van der Waals surface area contributed by atoms with Crippen LogP contribution in [0.3, 0.4) is 0 Å². The van der Waals surface area contributed by atoms with Gasteiger partial charge in [-0.05, 0) is 29.8 Å². The Labute approximate surface area is 164 Å². The van der Waals surface area contributed by atoms with Crippen molar-refractivity contribution in [2.45, 2.75) is 6.61 Å². The Balaban J connectivity index is 0.00000261. The van der Waals surface area contributed by atoms with Gasteiger partial charge in [-0.1, -0.05) is 12.1 Å². The fourth-order valence-electron chi connectivity index (χ4n) is 2.45. The maximum Gasteiger partial charge on any atom is 0.238 e. The van der Waals surface area contributed by atoms with E-state index in [1.165, 1.54) is 0 Å². The van der Waals surface area contributed by atoms with E-state index in [0.717, 1.165) is 17.0 Å². The zero-order valence-electron chi connectivity index (χ0n) is 15.0. The summed E-state index contributed by atoms with van der Waals surface area (Å²) in [5.74, 6) is 2.01. The Morgan fingerprint density at radius 1 is 1.15 bits per heavy atom. The highest BCUT2D eigenvalue weighted by atomic mass is 35.5. The van der Waals surface area contributed by atoms with Crippen molar-refractivity contribution < 1.29 is 23.7 Å². The number of hydrogen-bond donors (Lipinski definition) is 2. The molecule has 0 spiro atoms. The molecule has 0 atom stereocenters. The zero-order valence-corrected chi connectivity index (χ0v) is 15.8. The summed E-state index contributed by atoms with van der Waals surface area (Å²) in [5, 5.41) is 5.86. The van der Waals surface area contributed by atoms with Gasteiger partial charge < -0.3 is 29.6 Å². The predicted octanol–water partition coefficient (Wildman–Crippen LogP) is 2.59. The minimum Gasteiger partial charge on any atom is -0.489 e. The third-order valence-electron chi connectivity index (χ3n) is 3.73. The molecule has 0 saturated heterocycles. The molecule has 8 heteroatoms. The van der Waals surface area contributed by atoms with Gasteiger partial charge in [0.15, 0.2) is 11.5 Å². The monoisotopic (exact) mass is 394 g/mol. The van der Waals surface area contributed by atoms with Crippen LogP contribution < -0.4 is 24.8 Å². The Kier molecular flexibility index (Phi) is 8.19. The number of hydrogen-bond acceptors (Lipinski definition) is 6. The van der Waals surface area contributed by atoms with Crippen LogP contribution in [0.4, 0.5) is 5.69 Å². The van der Waals surface area contributed by atoms with Crippen LogP contribution in [-0.2, 0) is 16.1 Å². The second-order valence-electron chi connectivity index (χ2n) is 5.72. The molecule has 0 aliphatic carbocycles. The van der Waals surface area contributed by atoms with Gasteiger partial charge in [-0.2, -0.15) is 0 Å². The number of fused-ring (bicyclic) bond motifs is 1. The van der Waals surface area contributed by atoms with E-state index in [1.807, 2.05) is 36.4 Å². The fourth-order valence-corrected chi connectivity index (χ4v) is 2.45. The highest BCUT2D eigenvalue weighted by Gasteiger charge is 2.13. The van der Waals surface area contributed by atoms with Crippen molar-refractivity contribution in [3.8, 4) is 17.2 Å². The van der Waals surface area contributed by atoms with Crippen molar-refractivity contribution in [1.29, 1.82) is 0 Å². The van der Waals surface area contributed by atoms with Crippen molar-refractivity contribution in [2.24, 2.45) is 0 Å². The molecule has 3 rings (SSSR count). The van der Waals surface area contributed by atoms with E-state index in [-0.39, 0.29) is 31.7 Å². The minimum absolute atomic E-state index is 0. The van der Waals surface area contributed by atoms with Crippen molar-refractivity contribution >= 4 is 24.0 Å². The summed E-state index contributed by atoms with van der Waals surface area (Å²) in [6, 6.07) is 13.0. The molecule has 2 N–H and O–H groups in total. The summed E-state index contributed by atoms with van der Waals surface area (Å²) in [4.78, 5) is 11.9. The molecule has 1 amide bonds. The lowest BCUT2D eigenvalue weighted by atomic mass is 10.2. The van der Waals surface area contributed by atoms with Crippen LogP contribution in [0.1, 0.15) is 5.56 Å². The highest BCUT2D eigenvalue weighted by molar-refractivity contribution is 5.92. The first kappa shape index (κ1) is 20.8. The molecule has 0 aromatic heterocycles. The van der Waals surface area contributed by atoms with Gasteiger partial charge in [0.1, 0.15) is 12.4 Å². The number of ether oxygens (including phenoxy) is 4. The average molecular weight is 395 g/mol. The van der Waals surface area contributed by atoms with E-state index in [4.69, 9.17) is 18.9 Å². The summed E-state index contributed by atoms with van der Waals surface area (Å²) in [6.07, 6.45) is 0. The van der Waals surface area contributed by atoms with Crippen molar-refractivity contribution in [2.75, 3.05) is 38.9 Å². The van der Waals surface area contributed by atoms with Crippen molar-refractivity contribution in [1.82, 2.24) is 5.32 Å². The number of amides is 1. The van der Waals surface area contributed by atoms with Gasteiger partial charge in [0.2, 0.25) is 12.7 Å². The number of anilines is 1. The lowest BCUT2D eigenvalue weighted by molar-refractivity contribution is -0.115. The number of carbonyl (C=O) groups excluding carboxylic acids is 1. The van der Waals surface area contributed by atoms with Crippen LogP contribution in [0, 0.1) is 0 Å². The maximum atomic E-state index is 11.9. The number of nitrogens with one attached hydrogen (secondary N) is 2. The molecule has 0 saturated carbocycles. The first-order chi connectivity index (χ1) is 12.7. The quantitative estimate of drug-likeness (QED) is 0.636. The third-order valence-corrected chi connectivity index (χ3v) is 3.73. The summed E-state index contributed by atoms with van der Waals surface area (Å²) in [5.41, 5.74) is 1.68. The number of methoxy groups -OCH3 is 1. The third kappa shape index (κ3) is 6.32. The van der Waals surface area contributed by atoms with E-state index >= 15 is 0 Å². The Morgan fingerprint density at radius 2 is 2.00 bits per heavy atom. The fraction of sp³-hybridized carbons (Fsp3) is 0.316. The second-order valence-corrected chi connectivity index (χ2v) is 5.72. The smallest absolute Gasteiger partial charge is 0.238 e. The van der Waals surface area contributed by atoms with E-state index in [9.17, 15) is 4.79 Å². The van der Waals surface area contributed by atoms with Gasteiger partial charge in [0.05, 0.1) is 13.2 Å². The normalized spacial score (nSPS) is 11.6. The summed E-state index contributed by atoms with van der Waals surface area (Å²) in [7, 11) is 1.62. The van der Waals surface area contributed by atoms with Crippen LogP contribution in [0.15, 0.2) is 42.5 Å². The van der Waals surface area contributed by atoms with E-state index in [1.54, 1.807) is 13.2 Å². The SMILES string of the molecule is COCCNCC(=O)Nc1cccc(COc2ccc3c(c2)OCO3)c1.Cl. The summed E-state index contributed by atoms with van der Waals surface area (Å²) < 4.78 is 21.3. The van der Waals surface area contributed by atoms with Crippen LogP contribution in [-0.4, -0.2) is 39.5 Å². The molecule has 2 aromatic carbocycles. The largest absolute Gasteiger partial charge is 0.489 e. The molecule has 0 unspecified atom stereocenters. The van der Waals surface area contributed by atoms with Gasteiger partial charge in [0.25, 0.3) is 0 Å². The molecule has 0 bridgehead atoms. The van der Waals surface area contributed by atoms with Gasteiger partial charge in [0, 0.05) is 25.4 Å². The zero-order chi connectivity index (χ0) is 18.2. The molecule has 1 aliphatic heterocycles. The Bertz CT molecular complexity index is 757. The van der Waals surface area contributed by atoms with Crippen LogP contribution in [0.5, 0.6) is 17.2 Å². The number of carbonyl (C=O) groups is 1. The highest BCUT2D eigenvalue weighted by Crippen LogP contribution is 2.35. The van der Waals surface area contributed by atoms with Crippen LogP contribution in [0.25, 0.3) is 0 Å². The molecule has 146 valence electrons. The molecule has 7 nitrogen and oxygen atoms in total. The topological polar surface area (TPSA) is 78.1 Å². The van der Waals surface area contributed by atoms with E-state index in [0.29, 0.717) is 31.3 Å². The predicted molar refractivity (Wildman–Crippen MR) is 104 cm³/mol. The number of halogens is 1. The Morgan fingerprint density at radius 3 is 2.85 bits per heavy atom.